The lowest BCUT2D eigenvalue weighted by atomic mass is 9.89. The number of carbonyl (C=O) groups excluding carboxylic acids is 1. The summed E-state index contributed by atoms with van der Waals surface area (Å²) in [6.07, 6.45) is 4.18. The Hall–Kier alpha value is -1.93. The number of hydrogen-bond donors (Lipinski definition) is 1. The molecular formula is C17H25N3O5. The van der Waals surface area contributed by atoms with E-state index in [0.29, 0.717) is 44.3 Å². The minimum Gasteiger partial charge on any atom is -0.479 e. The number of piperidine rings is 1. The summed E-state index contributed by atoms with van der Waals surface area (Å²) in [4.78, 5) is 25.4. The third kappa shape index (κ3) is 4.19. The Bertz CT molecular complexity index is 609. The van der Waals surface area contributed by atoms with Gasteiger partial charge in [-0.25, -0.2) is 4.79 Å². The van der Waals surface area contributed by atoms with Crippen molar-refractivity contribution in [2.45, 2.75) is 44.4 Å². The van der Waals surface area contributed by atoms with Crippen LogP contribution in [-0.4, -0.2) is 70.7 Å². The molecule has 8 heteroatoms. The zero-order chi connectivity index (χ0) is 17.8. The van der Waals surface area contributed by atoms with Crippen LogP contribution in [0.5, 0.6) is 0 Å². The van der Waals surface area contributed by atoms with Crippen molar-refractivity contribution in [1.82, 2.24) is 14.7 Å². The number of carboxylic acids is 1. The number of rotatable bonds is 6. The number of nitrogens with zero attached hydrogens (tertiary/aromatic N) is 3. The van der Waals surface area contributed by atoms with Crippen molar-refractivity contribution < 1.29 is 24.2 Å². The van der Waals surface area contributed by atoms with Gasteiger partial charge in [-0.2, -0.15) is 5.10 Å². The molecule has 2 aliphatic rings. The molecule has 25 heavy (non-hydrogen) atoms. The molecule has 1 aromatic rings. The lowest BCUT2D eigenvalue weighted by Gasteiger charge is -2.34. The summed E-state index contributed by atoms with van der Waals surface area (Å²) in [7, 11) is 1.63. The van der Waals surface area contributed by atoms with Gasteiger partial charge in [-0.1, -0.05) is 0 Å². The Kier molecular flexibility index (Phi) is 5.70. The second-order valence-corrected chi connectivity index (χ2v) is 6.67. The molecule has 0 aromatic carbocycles. The monoisotopic (exact) mass is 351 g/mol. The standard InChI is InChI=1S/C17H25N3O5/c1-24-11-10-20-9-6-13(18-20)16(21)19-7-4-12(5-8-19)14-2-3-15(25-14)17(22)23/h6,9,12,14-15H,2-5,7-8,10-11H2,1H3,(H,22,23)/t14-,15+/m0/s1. The topological polar surface area (TPSA) is 93.9 Å². The maximum Gasteiger partial charge on any atom is 0.332 e. The molecule has 0 saturated carbocycles. The predicted octanol–water partition coefficient (Wildman–Crippen LogP) is 1.01. The predicted molar refractivity (Wildman–Crippen MR) is 88.3 cm³/mol. The molecule has 2 atom stereocenters. The molecule has 2 saturated heterocycles. The molecule has 1 N–H and O–H groups in total. The Morgan fingerprint density at radius 1 is 1.32 bits per heavy atom. The zero-order valence-corrected chi connectivity index (χ0v) is 14.5. The van der Waals surface area contributed by atoms with Crippen molar-refractivity contribution in [1.29, 1.82) is 0 Å². The minimum absolute atomic E-state index is 0.00612. The fourth-order valence-corrected chi connectivity index (χ4v) is 3.61. The molecule has 2 fully saturated rings. The number of carbonyl (C=O) groups is 2. The lowest BCUT2D eigenvalue weighted by molar-refractivity contribution is -0.150. The Labute approximate surface area is 146 Å². The number of ether oxygens (including phenoxy) is 2. The Morgan fingerprint density at radius 3 is 2.72 bits per heavy atom. The summed E-state index contributed by atoms with van der Waals surface area (Å²) in [6, 6.07) is 1.74. The van der Waals surface area contributed by atoms with Gasteiger partial charge in [-0.3, -0.25) is 9.48 Å². The van der Waals surface area contributed by atoms with Crippen LogP contribution in [0.2, 0.25) is 0 Å². The molecule has 138 valence electrons. The van der Waals surface area contributed by atoms with Gasteiger partial charge in [0.2, 0.25) is 0 Å². The van der Waals surface area contributed by atoms with E-state index in [1.54, 1.807) is 24.1 Å². The number of likely N-dealkylation sites (tertiary alicyclic amines) is 1. The highest BCUT2D eigenvalue weighted by Crippen LogP contribution is 2.32. The first-order valence-electron chi connectivity index (χ1n) is 8.78. The second kappa shape index (κ2) is 7.97. The van der Waals surface area contributed by atoms with Crippen LogP contribution in [0.1, 0.15) is 36.2 Å². The minimum atomic E-state index is -0.876. The first-order chi connectivity index (χ1) is 12.1. The lowest BCUT2D eigenvalue weighted by Crippen LogP contribution is -2.41. The normalized spacial score (nSPS) is 24.6. The molecule has 0 unspecified atom stereocenters. The number of methoxy groups -OCH3 is 1. The molecule has 0 aliphatic carbocycles. The van der Waals surface area contributed by atoms with Crippen molar-refractivity contribution in [3.8, 4) is 0 Å². The highest BCUT2D eigenvalue weighted by atomic mass is 16.5. The van der Waals surface area contributed by atoms with Crippen molar-refractivity contribution >= 4 is 11.9 Å². The van der Waals surface area contributed by atoms with E-state index in [4.69, 9.17) is 14.6 Å². The van der Waals surface area contributed by atoms with E-state index in [2.05, 4.69) is 5.10 Å². The molecule has 3 rings (SSSR count). The van der Waals surface area contributed by atoms with E-state index >= 15 is 0 Å². The molecule has 1 aromatic heterocycles. The van der Waals surface area contributed by atoms with Gasteiger partial charge in [0.15, 0.2) is 6.10 Å². The van der Waals surface area contributed by atoms with Crippen LogP contribution in [0.25, 0.3) is 0 Å². The summed E-state index contributed by atoms with van der Waals surface area (Å²) in [5, 5.41) is 13.3. The Balaban J connectivity index is 1.49. The molecular weight excluding hydrogens is 326 g/mol. The summed E-state index contributed by atoms with van der Waals surface area (Å²) < 4.78 is 12.4. The van der Waals surface area contributed by atoms with E-state index in [9.17, 15) is 9.59 Å². The van der Waals surface area contributed by atoms with E-state index < -0.39 is 12.1 Å². The quantitative estimate of drug-likeness (QED) is 0.822. The van der Waals surface area contributed by atoms with Crippen LogP contribution < -0.4 is 0 Å². The molecule has 8 nitrogen and oxygen atoms in total. The van der Waals surface area contributed by atoms with Crippen LogP contribution in [0.4, 0.5) is 0 Å². The molecule has 0 spiro atoms. The van der Waals surface area contributed by atoms with Crippen molar-refractivity contribution in [3.05, 3.63) is 18.0 Å². The highest BCUT2D eigenvalue weighted by molar-refractivity contribution is 5.92. The molecule has 0 bridgehead atoms. The third-order valence-electron chi connectivity index (χ3n) is 5.06. The average Bonchev–Trinajstić information content (AvgIpc) is 3.29. The summed E-state index contributed by atoms with van der Waals surface area (Å²) in [5.74, 6) is -0.600. The van der Waals surface area contributed by atoms with Gasteiger partial charge >= 0.3 is 5.97 Å². The van der Waals surface area contributed by atoms with Crippen LogP contribution >= 0.6 is 0 Å². The smallest absolute Gasteiger partial charge is 0.332 e. The van der Waals surface area contributed by atoms with Crippen LogP contribution in [0, 0.1) is 5.92 Å². The fraction of sp³-hybridized carbons (Fsp3) is 0.706. The summed E-state index contributed by atoms with van der Waals surface area (Å²) in [5.41, 5.74) is 0.456. The van der Waals surface area contributed by atoms with Crippen molar-refractivity contribution in [2.24, 2.45) is 5.92 Å². The first-order valence-corrected chi connectivity index (χ1v) is 8.78. The number of amides is 1. The van der Waals surface area contributed by atoms with Gasteiger partial charge in [0.05, 0.1) is 19.3 Å². The van der Waals surface area contributed by atoms with E-state index in [1.165, 1.54) is 0 Å². The maximum atomic E-state index is 12.6. The van der Waals surface area contributed by atoms with Gasteiger partial charge in [-0.15, -0.1) is 0 Å². The van der Waals surface area contributed by atoms with Crippen LogP contribution in [-0.2, 0) is 20.8 Å². The number of carboxylic acid groups (broad SMARTS) is 1. The van der Waals surface area contributed by atoms with Gasteiger partial charge < -0.3 is 19.5 Å². The fourth-order valence-electron chi connectivity index (χ4n) is 3.61. The van der Waals surface area contributed by atoms with Gasteiger partial charge in [0.25, 0.3) is 5.91 Å². The number of aromatic nitrogens is 2. The number of hydrogen-bond acceptors (Lipinski definition) is 5. The van der Waals surface area contributed by atoms with Crippen molar-refractivity contribution in [2.75, 3.05) is 26.8 Å². The van der Waals surface area contributed by atoms with E-state index in [0.717, 1.165) is 19.3 Å². The summed E-state index contributed by atoms with van der Waals surface area (Å²) >= 11 is 0. The average molecular weight is 351 g/mol. The number of aliphatic carboxylic acids is 1. The second-order valence-electron chi connectivity index (χ2n) is 6.67. The third-order valence-corrected chi connectivity index (χ3v) is 5.06. The molecule has 0 radical (unpaired) electrons. The Morgan fingerprint density at radius 2 is 2.08 bits per heavy atom. The maximum absolute atomic E-state index is 12.6. The largest absolute Gasteiger partial charge is 0.479 e. The molecule has 2 aliphatic heterocycles. The first kappa shape index (κ1) is 17.9. The van der Waals surface area contributed by atoms with Gasteiger partial charge in [0.1, 0.15) is 5.69 Å². The van der Waals surface area contributed by atoms with Crippen LogP contribution in [0.15, 0.2) is 12.3 Å². The van der Waals surface area contributed by atoms with Gasteiger partial charge in [-0.05, 0) is 37.7 Å². The van der Waals surface area contributed by atoms with Crippen LogP contribution in [0.3, 0.4) is 0 Å². The molecule has 1 amide bonds. The summed E-state index contributed by atoms with van der Waals surface area (Å²) in [6.45, 7) is 2.49. The van der Waals surface area contributed by atoms with Gasteiger partial charge in [0, 0.05) is 26.4 Å². The van der Waals surface area contributed by atoms with E-state index in [-0.39, 0.29) is 12.0 Å². The molecule has 3 heterocycles. The highest BCUT2D eigenvalue weighted by Gasteiger charge is 2.37. The zero-order valence-electron chi connectivity index (χ0n) is 14.5. The SMILES string of the molecule is COCCn1ccc(C(=O)N2CCC([C@@H]3CC[C@H](C(=O)O)O3)CC2)n1. The van der Waals surface area contributed by atoms with E-state index in [1.807, 2.05) is 4.90 Å². The van der Waals surface area contributed by atoms with Crippen molar-refractivity contribution in [3.63, 3.8) is 0 Å².